The van der Waals surface area contributed by atoms with Crippen LogP contribution in [0.3, 0.4) is 0 Å². The van der Waals surface area contributed by atoms with Gasteiger partial charge in [-0.2, -0.15) is 9.40 Å². The third kappa shape index (κ3) is 3.61. The van der Waals surface area contributed by atoms with Gasteiger partial charge >= 0.3 is 0 Å². The Bertz CT molecular complexity index is 843. The molecule has 0 radical (unpaired) electrons. The van der Waals surface area contributed by atoms with Crippen molar-refractivity contribution in [2.45, 2.75) is 39.1 Å². The van der Waals surface area contributed by atoms with Crippen molar-refractivity contribution in [1.82, 2.24) is 14.1 Å². The summed E-state index contributed by atoms with van der Waals surface area (Å²) in [6, 6.07) is 5.33. The van der Waals surface area contributed by atoms with Crippen LogP contribution in [-0.4, -0.2) is 35.6 Å². The van der Waals surface area contributed by atoms with Crippen molar-refractivity contribution in [3.05, 3.63) is 45.2 Å². The van der Waals surface area contributed by atoms with Crippen LogP contribution in [0.1, 0.15) is 30.8 Å². The molecule has 0 aliphatic rings. The molecule has 1 aromatic heterocycles. The standard InChI is InChI=1S/C16H21Cl2N3O2S/c1-5-20(6-2)24(22,23)16-11(3)19-21(12(16)4)10-13-7-8-14(17)15(18)9-13/h7-9H,5-6,10H2,1-4H3. The third-order valence-corrected chi connectivity index (χ3v) is 6.98. The molecule has 0 saturated heterocycles. The van der Waals surface area contributed by atoms with Crippen LogP contribution in [0.25, 0.3) is 0 Å². The molecule has 1 heterocycles. The number of aryl methyl sites for hydroxylation is 1. The second-order valence-electron chi connectivity index (χ2n) is 5.50. The molecule has 8 heteroatoms. The van der Waals surface area contributed by atoms with Crippen molar-refractivity contribution in [3.63, 3.8) is 0 Å². The molecule has 0 fully saturated rings. The largest absolute Gasteiger partial charge is 0.264 e. The number of benzene rings is 1. The zero-order chi connectivity index (χ0) is 18.1. The van der Waals surface area contributed by atoms with E-state index in [1.54, 1.807) is 30.7 Å². The molecule has 0 aliphatic heterocycles. The molecule has 5 nitrogen and oxygen atoms in total. The molecule has 0 atom stereocenters. The lowest BCUT2D eigenvalue weighted by Gasteiger charge is -2.18. The molecule has 1 aromatic carbocycles. The summed E-state index contributed by atoms with van der Waals surface area (Å²) in [5.41, 5.74) is 2.02. The smallest absolute Gasteiger partial charge is 0.246 e. The Kier molecular flexibility index (Phi) is 5.96. The molecular formula is C16H21Cl2N3O2S. The van der Waals surface area contributed by atoms with Gasteiger partial charge in [0.15, 0.2) is 0 Å². The van der Waals surface area contributed by atoms with E-state index in [2.05, 4.69) is 5.10 Å². The molecule has 0 spiro atoms. The van der Waals surface area contributed by atoms with E-state index in [4.69, 9.17) is 23.2 Å². The fourth-order valence-corrected chi connectivity index (χ4v) is 4.86. The summed E-state index contributed by atoms with van der Waals surface area (Å²) in [4.78, 5) is 0.284. The topological polar surface area (TPSA) is 55.2 Å². The number of rotatable bonds is 6. The maximum atomic E-state index is 12.8. The summed E-state index contributed by atoms with van der Waals surface area (Å²) in [5, 5.41) is 5.36. The zero-order valence-electron chi connectivity index (χ0n) is 14.2. The van der Waals surface area contributed by atoms with Gasteiger partial charge in [0.2, 0.25) is 10.0 Å². The molecule has 0 amide bonds. The minimum absolute atomic E-state index is 0.284. The number of nitrogens with zero attached hydrogens (tertiary/aromatic N) is 3. The highest BCUT2D eigenvalue weighted by Crippen LogP contribution is 2.26. The van der Waals surface area contributed by atoms with E-state index < -0.39 is 10.0 Å². The van der Waals surface area contributed by atoms with Crippen molar-refractivity contribution >= 4 is 33.2 Å². The first-order valence-electron chi connectivity index (χ1n) is 7.70. The van der Waals surface area contributed by atoms with Crippen LogP contribution < -0.4 is 0 Å². The lowest BCUT2D eigenvalue weighted by atomic mass is 10.2. The quantitative estimate of drug-likeness (QED) is 0.752. The zero-order valence-corrected chi connectivity index (χ0v) is 16.5. The molecule has 24 heavy (non-hydrogen) atoms. The average Bonchev–Trinajstić information content (AvgIpc) is 2.78. The van der Waals surface area contributed by atoms with Gasteiger partial charge in [0.05, 0.1) is 28.0 Å². The van der Waals surface area contributed by atoms with Crippen molar-refractivity contribution in [1.29, 1.82) is 0 Å². The van der Waals surface area contributed by atoms with E-state index in [1.165, 1.54) is 4.31 Å². The number of hydrogen-bond acceptors (Lipinski definition) is 3. The van der Waals surface area contributed by atoms with Crippen LogP contribution in [0.15, 0.2) is 23.1 Å². The second kappa shape index (κ2) is 7.44. The normalized spacial score (nSPS) is 12.1. The van der Waals surface area contributed by atoms with Gasteiger partial charge in [0.25, 0.3) is 0 Å². The minimum atomic E-state index is -3.55. The Morgan fingerprint density at radius 1 is 1.12 bits per heavy atom. The van der Waals surface area contributed by atoms with Gasteiger partial charge in [-0.25, -0.2) is 8.42 Å². The molecule has 0 unspecified atom stereocenters. The Hall–Kier alpha value is -1.08. The Morgan fingerprint density at radius 3 is 2.29 bits per heavy atom. The van der Waals surface area contributed by atoms with Crippen molar-refractivity contribution in [3.8, 4) is 0 Å². The maximum absolute atomic E-state index is 12.8. The van der Waals surface area contributed by atoms with Crippen LogP contribution in [0, 0.1) is 13.8 Å². The fraction of sp³-hybridized carbons (Fsp3) is 0.438. The Labute approximate surface area is 153 Å². The van der Waals surface area contributed by atoms with E-state index in [-0.39, 0.29) is 4.90 Å². The number of aromatic nitrogens is 2. The first-order chi connectivity index (χ1) is 11.2. The molecule has 0 bridgehead atoms. The van der Waals surface area contributed by atoms with Crippen LogP contribution in [-0.2, 0) is 16.6 Å². The van der Waals surface area contributed by atoms with Gasteiger partial charge in [-0.15, -0.1) is 0 Å². The molecule has 0 saturated carbocycles. The van der Waals surface area contributed by atoms with Gasteiger partial charge < -0.3 is 0 Å². The molecular weight excluding hydrogens is 369 g/mol. The predicted molar refractivity (Wildman–Crippen MR) is 97.4 cm³/mol. The summed E-state index contributed by atoms with van der Waals surface area (Å²) in [6.07, 6.45) is 0. The second-order valence-corrected chi connectivity index (χ2v) is 8.18. The first kappa shape index (κ1) is 19.2. The molecule has 2 aromatic rings. The molecule has 2 rings (SSSR count). The average molecular weight is 390 g/mol. The van der Waals surface area contributed by atoms with Crippen molar-refractivity contribution < 1.29 is 8.42 Å². The van der Waals surface area contributed by atoms with E-state index in [1.807, 2.05) is 19.9 Å². The van der Waals surface area contributed by atoms with Gasteiger partial charge in [-0.1, -0.05) is 43.1 Å². The lowest BCUT2D eigenvalue weighted by Crippen LogP contribution is -2.31. The van der Waals surface area contributed by atoms with E-state index in [0.29, 0.717) is 41.1 Å². The Balaban J connectivity index is 2.44. The molecule has 0 N–H and O–H groups in total. The Morgan fingerprint density at radius 2 is 1.75 bits per heavy atom. The van der Waals surface area contributed by atoms with Crippen LogP contribution in [0.2, 0.25) is 10.0 Å². The highest BCUT2D eigenvalue weighted by Gasteiger charge is 2.29. The number of hydrogen-bond donors (Lipinski definition) is 0. The predicted octanol–water partition coefficient (Wildman–Crippen LogP) is 3.89. The van der Waals surface area contributed by atoms with Crippen molar-refractivity contribution in [2.24, 2.45) is 0 Å². The SMILES string of the molecule is CCN(CC)S(=O)(=O)c1c(C)nn(Cc2ccc(Cl)c(Cl)c2)c1C. The van der Waals surface area contributed by atoms with Crippen LogP contribution in [0.4, 0.5) is 0 Å². The van der Waals surface area contributed by atoms with E-state index >= 15 is 0 Å². The summed E-state index contributed by atoms with van der Waals surface area (Å²) < 4.78 is 28.8. The van der Waals surface area contributed by atoms with Gasteiger partial charge in [-0.3, -0.25) is 4.68 Å². The van der Waals surface area contributed by atoms with Crippen LogP contribution >= 0.6 is 23.2 Å². The van der Waals surface area contributed by atoms with E-state index in [0.717, 1.165) is 5.56 Å². The van der Waals surface area contributed by atoms with Gasteiger partial charge in [0, 0.05) is 13.1 Å². The minimum Gasteiger partial charge on any atom is -0.264 e. The number of sulfonamides is 1. The summed E-state index contributed by atoms with van der Waals surface area (Å²) in [6.45, 7) is 8.42. The highest BCUT2D eigenvalue weighted by molar-refractivity contribution is 7.89. The summed E-state index contributed by atoms with van der Waals surface area (Å²) in [5.74, 6) is 0. The van der Waals surface area contributed by atoms with Gasteiger partial charge in [0.1, 0.15) is 4.90 Å². The lowest BCUT2D eigenvalue weighted by molar-refractivity contribution is 0.444. The molecule has 132 valence electrons. The summed E-state index contributed by atoms with van der Waals surface area (Å²) in [7, 11) is -3.55. The monoisotopic (exact) mass is 389 g/mol. The van der Waals surface area contributed by atoms with Gasteiger partial charge in [-0.05, 0) is 31.5 Å². The van der Waals surface area contributed by atoms with E-state index in [9.17, 15) is 8.42 Å². The fourth-order valence-electron chi connectivity index (χ4n) is 2.71. The maximum Gasteiger partial charge on any atom is 0.246 e. The number of halogens is 2. The van der Waals surface area contributed by atoms with Crippen molar-refractivity contribution in [2.75, 3.05) is 13.1 Å². The van der Waals surface area contributed by atoms with Crippen LogP contribution in [0.5, 0.6) is 0 Å². The molecule has 0 aliphatic carbocycles. The third-order valence-electron chi connectivity index (χ3n) is 3.93. The first-order valence-corrected chi connectivity index (χ1v) is 9.90. The summed E-state index contributed by atoms with van der Waals surface area (Å²) >= 11 is 12.0. The highest BCUT2D eigenvalue weighted by atomic mass is 35.5.